The Kier molecular flexibility index (Phi) is 1.91. The Labute approximate surface area is 79.2 Å². The summed E-state index contributed by atoms with van der Waals surface area (Å²) in [4.78, 5) is 0. The van der Waals surface area contributed by atoms with Gasteiger partial charge in [-0.1, -0.05) is 67.2 Å². The van der Waals surface area contributed by atoms with Crippen LogP contribution in [0.15, 0.2) is 61.1 Å². The van der Waals surface area contributed by atoms with Gasteiger partial charge in [0, 0.05) is 0 Å². The minimum absolute atomic E-state index is 0.0719. The van der Waals surface area contributed by atoms with Crippen LogP contribution < -0.4 is 0 Å². The van der Waals surface area contributed by atoms with E-state index in [9.17, 15) is 0 Å². The van der Waals surface area contributed by atoms with Crippen LogP contribution in [0.25, 0.3) is 6.08 Å². The van der Waals surface area contributed by atoms with E-state index in [2.05, 4.69) is 0 Å². The van der Waals surface area contributed by atoms with Gasteiger partial charge >= 0.3 is 0 Å². The van der Waals surface area contributed by atoms with Crippen LogP contribution in [0.1, 0.15) is 11.0 Å². The molecule has 0 aliphatic carbocycles. The van der Waals surface area contributed by atoms with Gasteiger partial charge in [0.1, 0.15) is 0 Å². The predicted octanol–water partition coefficient (Wildman–Crippen LogP) is 3.44. The molecule has 0 aromatic heterocycles. The van der Waals surface area contributed by atoms with Gasteiger partial charge in [0.2, 0.25) is 0 Å². The zero-order valence-electron chi connectivity index (χ0n) is 10.6. The molecule has 0 fully saturated rings. The van der Waals surface area contributed by atoms with Crippen LogP contribution >= 0.6 is 0 Å². The highest BCUT2D eigenvalue weighted by Crippen LogP contribution is 2.00. The molecule has 1 aromatic rings. The van der Waals surface area contributed by atoms with Crippen molar-refractivity contribution in [1.29, 1.82) is 0 Å². The molecule has 60 valence electrons. The molecule has 0 radical (unpaired) electrons. The first-order valence-electron chi connectivity index (χ1n) is 5.69. The molecule has 0 atom stereocenters. The van der Waals surface area contributed by atoms with Gasteiger partial charge in [-0.2, -0.15) is 0 Å². The molecule has 0 N–H and O–H groups in total. The molecule has 0 bridgehead atoms. The van der Waals surface area contributed by atoms with Gasteiger partial charge < -0.3 is 0 Å². The molecule has 1 aromatic carbocycles. The second-order valence-corrected chi connectivity index (χ2v) is 2.16. The molecule has 0 nitrogen and oxygen atoms in total. The maximum atomic E-state index is 7.52. The number of hydrogen-bond acceptors (Lipinski definition) is 0. The lowest BCUT2D eigenvalue weighted by Crippen LogP contribution is -1.66. The van der Waals surface area contributed by atoms with Crippen LogP contribution in [-0.2, 0) is 0 Å². The summed E-state index contributed by atoms with van der Waals surface area (Å²) in [7, 11) is 0. The van der Waals surface area contributed by atoms with Crippen LogP contribution in [0.2, 0.25) is 0 Å². The van der Waals surface area contributed by atoms with Gasteiger partial charge in [0.25, 0.3) is 0 Å². The largest absolute Gasteiger partial charge is 0.0991 e. The molecule has 0 heterocycles. The van der Waals surface area contributed by atoms with E-state index in [1.807, 2.05) is 30.3 Å². The van der Waals surface area contributed by atoms with Gasteiger partial charge in [-0.3, -0.25) is 0 Å². The van der Waals surface area contributed by atoms with E-state index in [4.69, 9.17) is 5.48 Å². The summed E-state index contributed by atoms with van der Waals surface area (Å²) in [5.74, 6) is 0. The Balaban J connectivity index is 2.86. The van der Waals surface area contributed by atoms with Crippen molar-refractivity contribution in [2.75, 3.05) is 0 Å². The lowest BCUT2D eigenvalue weighted by Gasteiger charge is -1.87. The first kappa shape index (κ1) is 4.46. The molecule has 0 aliphatic heterocycles. The van der Waals surface area contributed by atoms with Crippen molar-refractivity contribution in [2.24, 2.45) is 0 Å². The average Bonchev–Trinajstić information content (AvgIpc) is 2.35. The summed E-state index contributed by atoms with van der Waals surface area (Å²) < 4.78 is 29.0. The third kappa shape index (κ3) is 3.02. The van der Waals surface area contributed by atoms with E-state index in [0.717, 1.165) is 12.1 Å². The van der Waals surface area contributed by atoms with Crippen LogP contribution in [0, 0.1) is 0 Å². The van der Waals surface area contributed by atoms with E-state index in [1.54, 1.807) is 6.08 Å². The molecule has 0 saturated carbocycles. The average molecular weight is 160 g/mol. The van der Waals surface area contributed by atoms with Crippen molar-refractivity contribution in [3.8, 4) is 0 Å². The van der Waals surface area contributed by atoms with Crippen LogP contribution in [0.5, 0.6) is 0 Å². The topological polar surface area (TPSA) is 0 Å². The van der Waals surface area contributed by atoms with Crippen molar-refractivity contribution in [1.82, 2.24) is 0 Å². The van der Waals surface area contributed by atoms with Crippen molar-refractivity contribution >= 4 is 6.08 Å². The molecule has 0 amide bonds. The molecule has 12 heavy (non-hydrogen) atoms. The monoisotopic (exact) mass is 160 g/mol. The Morgan fingerprint density at radius 3 is 2.83 bits per heavy atom. The third-order valence-electron chi connectivity index (χ3n) is 1.30. The second kappa shape index (κ2) is 5.14. The van der Waals surface area contributed by atoms with Crippen molar-refractivity contribution in [3.63, 3.8) is 0 Å². The molecular weight excluding hydrogens is 144 g/mol. The van der Waals surface area contributed by atoms with Crippen LogP contribution in [-0.4, -0.2) is 0 Å². The fourth-order valence-electron chi connectivity index (χ4n) is 0.785. The Bertz CT molecular complexity index is 430. The van der Waals surface area contributed by atoms with E-state index in [-0.39, 0.29) is 18.2 Å². The first-order valence-corrected chi connectivity index (χ1v) is 3.61. The highest BCUT2D eigenvalue weighted by atomic mass is 13.8. The normalized spacial score (nSPS) is 19.2. The summed E-state index contributed by atoms with van der Waals surface area (Å²) in [6.07, 6.45) is 3.16. The second-order valence-electron chi connectivity index (χ2n) is 2.16. The van der Waals surface area contributed by atoms with Gasteiger partial charge in [-0.25, -0.2) is 0 Å². The fourth-order valence-corrected chi connectivity index (χ4v) is 0.785. The maximum Gasteiger partial charge on any atom is 0.0623 e. The summed E-state index contributed by atoms with van der Waals surface area (Å²) in [5.41, 5.74) is 0.932. The Hall–Kier alpha value is -1.56. The Morgan fingerprint density at radius 1 is 1.25 bits per heavy atom. The van der Waals surface area contributed by atoms with Crippen LogP contribution in [0.3, 0.4) is 0 Å². The lowest BCUT2D eigenvalue weighted by molar-refractivity contribution is 1.66. The summed E-state index contributed by atoms with van der Waals surface area (Å²) in [6.45, 7) is 0.757. The summed E-state index contributed by atoms with van der Waals surface area (Å²) in [5, 5.41) is 0. The standard InChI is InChI=1S/C12H12/c1-2-3-4-6-9-12-10-7-5-8-11-12/h2-11H,1H2/b4-3-,9-6+/i1D,2D,3D,4D/b2-1?,4-3-,9-6+. The quantitative estimate of drug-likeness (QED) is 0.594. The number of rotatable bonds is 3. The molecule has 0 aliphatic rings. The summed E-state index contributed by atoms with van der Waals surface area (Å²) in [6, 6.07) is 8.85. The fraction of sp³-hybridized carbons (Fsp3) is 0. The number of allylic oxidation sites excluding steroid dienone is 4. The van der Waals surface area contributed by atoms with Gasteiger partial charge in [0.15, 0.2) is 0 Å². The number of hydrogen-bond donors (Lipinski definition) is 0. The number of benzene rings is 1. The van der Waals surface area contributed by atoms with Crippen molar-refractivity contribution in [2.45, 2.75) is 0 Å². The molecule has 0 spiro atoms. The molecule has 1 rings (SSSR count). The highest BCUT2D eigenvalue weighted by Gasteiger charge is 1.78. The minimum Gasteiger partial charge on any atom is -0.0991 e. The van der Waals surface area contributed by atoms with Crippen molar-refractivity contribution in [3.05, 3.63) is 66.7 Å². The minimum atomic E-state index is -0.261. The molecule has 0 heteroatoms. The van der Waals surface area contributed by atoms with Gasteiger partial charge in [-0.05, 0) is 5.56 Å². The van der Waals surface area contributed by atoms with E-state index in [1.165, 1.54) is 6.08 Å². The lowest BCUT2D eigenvalue weighted by atomic mass is 10.2. The third-order valence-corrected chi connectivity index (χ3v) is 1.30. The first-order chi connectivity index (χ1) is 7.65. The zero-order chi connectivity index (χ0) is 12.0. The van der Waals surface area contributed by atoms with E-state index < -0.39 is 0 Å². The predicted molar refractivity (Wildman–Crippen MR) is 54.8 cm³/mol. The zero-order valence-corrected chi connectivity index (χ0v) is 6.62. The van der Waals surface area contributed by atoms with Crippen LogP contribution in [0.4, 0.5) is 0 Å². The van der Waals surface area contributed by atoms with Crippen molar-refractivity contribution < 1.29 is 5.48 Å². The van der Waals surface area contributed by atoms with E-state index in [0.29, 0.717) is 0 Å². The maximum absolute atomic E-state index is 7.52. The van der Waals surface area contributed by atoms with Gasteiger partial charge in [0.05, 0.1) is 5.48 Å². The SMILES string of the molecule is [2H]C=C([2H])/C([2H])=C([2H])\C=C\c1ccccc1. The summed E-state index contributed by atoms with van der Waals surface area (Å²) >= 11 is 0. The Morgan fingerprint density at radius 2 is 2.08 bits per heavy atom. The molecule has 0 saturated heterocycles. The molecular formula is C12H12. The van der Waals surface area contributed by atoms with E-state index >= 15 is 0 Å². The molecule has 0 unspecified atom stereocenters. The smallest absolute Gasteiger partial charge is 0.0623 e. The van der Waals surface area contributed by atoms with Gasteiger partial charge in [-0.15, -0.1) is 0 Å². The highest BCUT2D eigenvalue weighted by molar-refractivity contribution is 5.50.